The van der Waals surface area contributed by atoms with Gasteiger partial charge in [-0.3, -0.25) is 9.59 Å². The molecule has 4 rings (SSSR count). The number of para-hydroxylation sites is 1. The van der Waals surface area contributed by atoms with Crippen molar-refractivity contribution >= 4 is 28.3 Å². The van der Waals surface area contributed by atoms with E-state index in [-0.39, 0.29) is 11.7 Å². The summed E-state index contributed by atoms with van der Waals surface area (Å²) in [7, 11) is 1.91. The van der Waals surface area contributed by atoms with Crippen LogP contribution in [0.3, 0.4) is 0 Å². The number of rotatable bonds is 4. The first-order chi connectivity index (χ1) is 13.1. The quantitative estimate of drug-likeness (QED) is 0.542. The maximum Gasteiger partial charge on any atom is 0.257 e. The molecule has 0 aliphatic carbocycles. The zero-order valence-electron chi connectivity index (χ0n) is 14.8. The van der Waals surface area contributed by atoms with Crippen LogP contribution in [0.5, 0.6) is 0 Å². The molecule has 1 N–H and O–H groups in total. The highest BCUT2D eigenvalue weighted by molar-refractivity contribution is 6.14. The first-order valence-electron chi connectivity index (χ1n) is 8.69. The Bertz CT molecular complexity index is 1140. The van der Waals surface area contributed by atoms with Gasteiger partial charge < -0.3 is 9.88 Å². The minimum atomic E-state index is -0.198. The lowest BCUT2D eigenvalue weighted by molar-refractivity contribution is 0.102. The van der Waals surface area contributed by atoms with E-state index in [1.807, 2.05) is 60.3 Å². The first kappa shape index (κ1) is 16.8. The molecular weight excluding hydrogens is 336 g/mol. The summed E-state index contributed by atoms with van der Waals surface area (Å²) >= 11 is 0. The van der Waals surface area contributed by atoms with E-state index in [4.69, 9.17) is 0 Å². The van der Waals surface area contributed by atoms with Gasteiger partial charge in [-0.2, -0.15) is 0 Å². The van der Waals surface area contributed by atoms with Gasteiger partial charge in [0.05, 0.1) is 5.56 Å². The highest BCUT2D eigenvalue weighted by atomic mass is 16.1. The fourth-order valence-electron chi connectivity index (χ4n) is 3.22. The molecule has 0 saturated carbocycles. The predicted octanol–water partition coefficient (Wildman–Crippen LogP) is 4.66. The molecule has 4 aromatic rings. The van der Waals surface area contributed by atoms with E-state index in [1.54, 1.807) is 36.4 Å². The third-order valence-corrected chi connectivity index (χ3v) is 4.56. The number of aromatic nitrogens is 1. The number of carbonyl (C=O) groups excluding carboxylic acids is 2. The van der Waals surface area contributed by atoms with Gasteiger partial charge in [0, 0.05) is 41.0 Å². The van der Waals surface area contributed by atoms with Gasteiger partial charge in [-0.1, -0.05) is 60.7 Å². The predicted molar refractivity (Wildman–Crippen MR) is 107 cm³/mol. The molecule has 0 bridgehead atoms. The highest BCUT2D eigenvalue weighted by Crippen LogP contribution is 2.22. The molecule has 0 aliphatic heterocycles. The fraction of sp³-hybridized carbons (Fsp3) is 0.0435. The largest absolute Gasteiger partial charge is 0.350 e. The molecule has 0 radical (unpaired) electrons. The van der Waals surface area contributed by atoms with E-state index in [0.29, 0.717) is 22.4 Å². The van der Waals surface area contributed by atoms with Crippen LogP contribution in [0.15, 0.2) is 85.1 Å². The Balaban J connectivity index is 1.61. The Morgan fingerprint density at radius 2 is 1.52 bits per heavy atom. The normalized spacial score (nSPS) is 10.7. The number of amides is 1. The van der Waals surface area contributed by atoms with Crippen LogP contribution in [-0.4, -0.2) is 16.3 Å². The molecule has 27 heavy (non-hydrogen) atoms. The fourth-order valence-corrected chi connectivity index (χ4v) is 3.22. The van der Waals surface area contributed by atoms with Gasteiger partial charge in [-0.25, -0.2) is 0 Å². The molecule has 0 atom stereocenters. The molecule has 0 fully saturated rings. The number of anilines is 1. The summed E-state index contributed by atoms with van der Waals surface area (Å²) in [6.07, 6.45) is 1.82. The van der Waals surface area contributed by atoms with Crippen LogP contribution in [0, 0.1) is 0 Å². The number of aryl methyl sites for hydroxylation is 1. The number of hydrogen-bond acceptors (Lipinski definition) is 2. The molecule has 1 amide bonds. The van der Waals surface area contributed by atoms with Crippen molar-refractivity contribution in [2.24, 2.45) is 7.05 Å². The zero-order valence-corrected chi connectivity index (χ0v) is 14.8. The zero-order chi connectivity index (χ0) is 18.8. The Labute approximate surface area is 157 Å². The van der Waals surface area contributed by atoms with Gasteiger partial charge >= 0.3 is 0 Å². The third kappa shape index (κ3) is 3.25. The van der Waals surface area contributed by atoms with Crippen LogP contribution in [0.25, 0.3) is 10.9 Å². The van der Waals surface area contributed by atoms with Crippen LogP contribution >= 0.6 is 0 Å². The van der Waals surface area contributed by atoms with Crippen LogP contribution in [0.2, 0.25) is 0 Å². The summed E-state index contributed by atoms with van der Waals surface area (Å²) in [5, 5.41) is 3.80. The second-order valence-electron chi connectivity index (χ2n) is 6.40. The lowest BCUT2D eigenvalue weighted by atomic mass is 10.0. The molecule has 4 heteroatoms. The number of carbonyl (C=O) groups is 2. The number of nitrogens with one attached hydrogen (secondary N) is 1. The van der Waals surface area contributed by atoms with Crippen LogP contribution in [0.1, 0.15) is 26.3 Å². The summed E-state index contributed by atoms with van der Waals surface area (Å²) < 4.78 is 1.93. The second-order valence-corrected chi connectivity index (χ2v) is 6.40. The molecule has 0 spiro atoms. The number of nitrogens with zero attached hydrogens (tertiary/aromatic N) is 1. The van der Waals surface area contributed by atoms with Crippen LogP contribution in [-0.2, 0) is 7.05 Å². The van der Waals surface area contributed by atoms with E-state index < -0.39 is 0 Å². The van der Waals surface area contributed by atoms with E-state index in [0.717, 1.165) is 10.9 Å². The average molecular weight is 354 g/mol. The Kier molecular flexibility index (Phi) is 4.30. The molecule has 0 aliphatic rings. The van der Waals surface area contributed by atoms with Crippen LogP contribution in [0.4, 0.5) is 5.69 Å². The molecule has 3 aromatic carbocycles. The van der Waals surface area contributed by atoms with Gasteiger partial charge in [0.25, 0.3) is 5.91 Å². The maximum atomic E-state index is 12.8. The standard InChI is InChI=1S/C23H18N2O2/c1-25-15-20(19-12-5-6-13-21(19)25)23(27)24-18-11-7-10-17(14-18)22(26)16-8-3-2-4-9-16/h2-15H,1H3,(H,24,27). The second kappa shape index (κ2) is 6.92. The summed E-state index contributed by atoms with van der Waals surface area (Å²) in [6, 6.07) is 23.9. The Morgan fingerprint density at radius 3 is 2.33 bits per heavy atom. The Morgan fingerprint density at radius 1 is 0.815 bits per heavy atom. The summed E-state index contributed by atoms with van der Waals surface area (Å²) in [4.78, 5) is 25.4. The molecule has 4 nitrogen and oxygen atoms in total. The minimum Gasteiger partial charge on any atom is -0.350 e. The van der Waals surface area contributed by atoms with E-state index in [2.05, 4.69) is 5.32 Å². The minimum absolute atomic E-state index is 0.0724. The molecule has 1 aromatic heterocycles. The molecular formula is C23H18N2O2. The average Bonchev–Trinajstić information content (AvgIpc) is 3.05. The lowest BCUT2D eigenvalue weighted by Crippen LogP contribution is -2.12. The van der Waals surface area contributed by atoms with Gasteiger partial charge in [-0.05, 0) is 18.2 Å². The van der Waals surface area contributed by atoms with Crippen molar-refractivity contribution in [3.05, 3.63) is 102 Å². The van der Waals surface area contributed by atoms with Crippen molar-refractivity contribution in [2.45, 2.75) is 0 Å². The SMILES string of the molecule is Cn1cc(C(=O)Nc2cccc(C(=O)c3ccccc3)c2)c2ccccc21. The van der Waals surface area contributed by atoms with Gasteiger partial charge in [0.1, 0.15) is 0 Å². The van der Waals surface area contributed by atoms with Crippen molar-refractivity contribution in [1.82, 2.24) is 4.57 Å². The monoisotopic (exact) mass is 354 g/mol. The number of ketones is 1. The highest BCUT2D eigenvalue weighted by Gasteiger charge is 2.15. The summed E-state index contributed by atoms with van der Waals surface area (Å²) in [5.74, 6) is -0.270. The third-order valence-electron chi connectivity index (χ3n) is 4.56. The van der Waals surface area contributed by atoms with Crippen molar-refractivity contribution in [2.75, 3.05) is 5.32 Å². The van der Waals surface area contributed by atoms with Gasteiger partial charge in [0.15, 0.2) is 5.78 Å². The van der Waals surface area contributed by atoms with Crippen molar-refractivity contribution in [1.29, 1.82) is 0 Å². The van der Waals surface area contributed by atoms with E-state index in [1.165, 1.54) is 0 Å². The van der Waals surface area contributed by atoms with E-state index in [9.17, 15) is 9.59 Å². The van der Waals surface area contributed by atoms with Gasteiger partial charge in [-0.15, -0.1) is 0 Å². The number of benzene rings is 3. The molecule has 0 saturated heterocycles. The van der Waals surface area contributed by atoms with Crippen molar-refractivity contribution < 1.29 is 9.59 Å². The van der Waals surface area contributed by atoms with Crippen LogP contribution < -0.4 is 5.32 Å². The molecule has 0 unspecified atom stereocenters. The summed E-state index contributed by atoms with van der Waals surface area (Å²) in [5.41, 5.74) is 3.35. The van der Waals surface area contributed by atoms with E-state index >= 15 is 0 Å². The number of fused-ring (bicyclic) bond motifs is 1. The molecule has 1 heterocycles. The lowest BCUT2D eigenvalue weighted by Gasteiger charge is -2.07. The smallest absolute Gasteiger partial charge is 0.257 e. The Hall–Kier alpha value is -3.66. The van der Waals surface area contributed by atoms with Gasteiger partial charge in [0.2, 0.25) is 0 Å². The molecule has 132 valence electrons. The first-order valence-corrected chi connectivity index (χ1v) is 8.69. The van der Waals surface area contributed by atoms with Crippen molar-refractivity contribution in [3.63, 3.8) is 0 Å². The summed E-state index contributed by atoms with van der Waals surface area (Å²) in [6.45, 7) is 0. The topological polar surface area (TPSA) is 51.1 Å². The maximum absolute atomic E-state index is 12.8. The number of hydrogen-bond donors (Lipinski definition) is 1. The van der Waals surface area contributed by atoms with Crippen molar-refractivity contribution in [3.8, 4) is 0 Å².